The molecule has 1 heterocycles. The minimum Gasteiger partial charge on any atom is -0.493 e. The van der Waals surface area contributed by atoms with Crippen molar-refractivity contribution in [1.29, 1.82) is 0 Å². The van der Waals surface area contributed by atoms with Gasteiger partial charge in [-0.1, -0.05) is 24.3 Å². The highest BCUT2D eigenvalue weighted by atomic mass is 35.5. The number of benzene rings is 2. The summed E-state index contributed by atoms with van der Waals surface area (Å²) in [4.78, 5) is 12.1. The summed E-state index contributed by atoms with van der Waals surface area (Å²) >= 11 is 0. The highest BCUT2D eigenvalue weighted by Crippen LogP contribution is 2.34. The van der Waals surface area contributed by atoms with Crippen LogP contribution in [0.1, 0.15) is 5.56 Å². The molecule has 126 valence electrons. The summed E-state index contributed by atoms with van der Waals surface area (Å²) in [5.74, 6) is 1.05. The molecule has 0 radical (unpaired) electrons. The molecule has 0 aliphatic carbocycles. The van der Waals surface area contributed by atoms with Gasteiger partial charge < -0.3 is 15.2 Å². The van der Waals surface area contributed by atoms with Crippen LogP contribution >= 0.6 is 12.4 Å². The van der Waals surface area contributed by atoms with Crippen LogP contribution in [-0.2, 0) is 6.54 Å². The van der Waals surface area contributed by atoms with Crippen LogP contribution in [0.2, 0.25) is 0 Å². The van der Waals surface area contributed by atoms with Crippen molar-refractivity contribution in [2.75, 3.05) is 14.2 Å². The quantitative estimate of drug-likeness (QED) is 0.756. The Labute approximate surface area is 145 Å². The fraction of sp³-hybridized carbons (Fsp3) is 0.176. The summed E-state index contributed by atoms with van der Waals surface area (Å²) in [6.45, 7) is 0.477. The zero-order valence-corrected chi connectivity index (χ0v) is 14.1. The standard InChI is InChI=1S/C17H17N3O3.ClH/c1-22-14-7-12-13(8-15(14)23-2)17(21)20-19-16(12)11-5-3-10(9-18)4-6-11;/h3-8H,9,18H2,1-2H3,(H,20,21);1H. The molecular formula is C17H18ClN3O3. The first kappa shape index (κ1) is 17.8. The molecule has 7 heteroatoms. The van der Waals surface area contributed by atoms with E-state index in [0.717, 1.165) is 11.1 Å². The summed E-state index contributed by atoms with van der Waals surface area (Å²) < 4.78 is 10.6. The summed E-state index contributed by atoms with van der Waals surface area (Å²) in [5, 5.41) is 7.93. The number of hydrogen-bond donors (Lipinski definition) is 2. The number of ether oxygens (including phenoxy) is 2. The van der Waals surface area contributed by atoms with Crippen LogP contribution in [0.5, 0.6) is 11.5 Å². The fourth-order valence-corrected chi connectivity index (χ4v) is 2.51. The summed E-state index contributed by atoms with van der Waals surface area (Å²) in [6.07, 6.45) is 0. The third-order valence-electron chi connectivity index (χ3n) is 3.76. The van der Waals surface area contributed by atoms with Crippen molar-refractivity contribution in [2.45, 2.75) is 6.54 Å². The minimum atomic E-state index is -0.275. The average Bonchev–Trinajstić information content (AvgIpc) is 2.61. The SMILES string of the molecule is COc1cc2c(-c3ccc(CN)cc3)n[nH]c(=O)c2cc1OC.Cl. The fourth-order valence-electron chi connectivity index (χ4n) is 2.51. The number of fused-ring (bicyclic) bond motifs is 1. The molecule has 0 saturated carbocycles. The van der Waals surface area contributed by atoms with Gasteiger partial charge in [-0.3, -0.25) is 4.79 Å². The van der Waals surface area contributed by atoms with E-state index in [1.165, 1.54) is 7.11 Å². The molecule has 3 N–H and O–H groups in total. The van der Waals surface area contributed by atoms with Crippen molar-refractivity contribution in [1.82, 2.24) is 10.2 Å². The first-order valence-corrected chi connectivity index (χ1v) is 7.11. The number of halogens is 1. The van der Waals surface area contributed by atoms with Crippen LogP contribution in [0.3, 0.4) is 0 Å². The monoisotopic (exact) mass is 347 g/mol. The van der Waals surface area contributed by atoms with Gasteiger partial charge in [0.15, 0.2) is 11.5 Å². The molecule has 2 aromatic carbocycles. The van der Waals surface area contributed by atoms with E-state index in [1.807, 2.05) is 24.3 Å². The maximum atomic E-state index is 12.1. The lowest BCUT2D eigenvalue weighted by Gasteiger charge is -2.11. The summed E-state index contributed by atoms with van der Waals surface area (Å²) in [7, 11) is 3.09. The van der Waals surface area contributed by atoms with E-state index in [4.69, 9.17) is 15.2 Å². The zero-order valence-electron chi connectivity index (χ0n) is 13.3. The Morgan fingerprint density at radius 1 is 1.04 bits per heavy atom. The Bertz CT molecular complexity index is 907. The van der Waals surface area contributed by atoms with Crippen molar-refractivity contribution >= 4 is 23.2 Å². The smallest absolute Gasteiger partial charge is 0.272 e. The van der Waals surface area contributed by atoms with Gasteiger partial charge in [0.1, 0.15) is 0 Å². The molecule has 0 aliphatic rings. The predicted octanol–water partition coefficient (Wildman–Crippen LogP) is 2.49. The molecule has 6 nitrogen and oxygen atoms in total. The van der Waals surface area contributed by atoms with Gasteiger partial charge in [0, 0.05) is 17.5 Å². The molecule has 0 bridgehead atoms. The van der Waals surface area contributed by atoms with Gasteiger partial charge in [0.25, 0.3) is 5.56 Å². The normalized spacial score (nSPS) is 10.3. The van der Waals surface area contributed by atoms with Gasteiger partial charge in [-0.2, -0.15) is 5.10 Å². The molecule has 0 atom stereocenters. The molecule has 0 aliphatic heterocycles. The molecule has 0 fully saturated rings. The van der Waals surface area contributed by atoms with Crippen molar-refractivity contribution in [3.8, 4) is 22.8 Å². The molecule has 3 rings (SSSR count). The van der Waals surface area contributed by atoms with Gasteiger partial charge >= 0.3 is 0 Å². The van der Waals surface area contributed by atoms with Crippen molar-refractivity contribution < 1.29 is 9.47 Å². The second-order valence-electron chi connectivity index (χ2n) is 5.06. The second kappa shape index (κ2) is 7.33. The Morgan fingerprint density at radius 3 is 2.17 bits per heavy atom. The molecule has 0 unspecified atom stereocenters. The highest BCUT2D eigenvalue weighted by molar-refractivity contribution is 5.95. The first-order valence-electron chi connectivity index (χ1n) is 7.11. The van der Waals surface area contributed by atoms with Gasteiger partial charge in [0.2, 0.25) is 0 Å². The minimum absolute atomic E-state index is 0. The average molecular weight is 348 g/mol. The Morgan fingerprint density at radius 2 is 1.62 bits per heavy atom. The Balaban J connectivity index is 0.00000208. The lowest BCUT2D eigenvalue weighted by atomic mass is 10.0. The number of nitrogens with zero attached hydrogens (tertiary/aromatic N) is 1. The van der Waals surface area contributed by atoms with E-state index in [0.29, 0.717) is 34.5 Å². The third-order valence-corrected chi connectivity index (χ3v) is 3.76. The largest absolute Gasteiger partial charge is 0.493 e. The molecule has 24 heavy (non-hydrogen) atoms. The van der Waals surface area contributed by atoms with Crippen LogP contribution in [-0.4, -0.2) is 24.4 Å². The van der Waals surface area contributed by atoms with E-state index in [2.05, 4.69) is 10.2 Å². The van der Waals surface area contributed by atoms with Crippen molar-refractivity contribution in [3.05, 3.63) is 52.3 Å². The summed E-state index contributed by atoms with van der Waals surface area (Å²) in [5.41, 5.74) is 7.94. The van der Waals surface area contributed by atoms with E-state index in [9.17, 15) is 4.79 Å². The molecule has 0 spiro atoms. The lowest BCUT2D eigenvalue weighted by Crippen LogP contribution is -2.10. The Hall–Kier alpha value is -2.57. The van der Waals surface area contributed by atoms with Gasteiger partial charge in [-0.15, -0.1) is 12.4 Å². The van der Waals surface area contributed by atoms with Gasteiger partial charge in [-0.05, 0) is 17.7 Å². The van der Waals surface area contributed by atoms with Crippen LogP contribution in [0.25, 0.3) is 22.0 Å². The Kier molecular flexibility index (Phi) is 5.43. The number of rotatable bonds is 4. The maximum absolute atomic E-state index is 12.1. The van der Waals surface area contributed by atoms with Gasteiger partial charge in [0.05, 0.1) is 25.3 Å². The first-order chi connectivity index (χ1) is 11.2. The number of aromatic amines is 1. The second-order valence-corrected chi connectivity index (χ2v) is 5.06. The lowest BCUT2D eigenvalue weighted by molar-refractivity contribution is 0.356. The maximum Gasteiger partial charge on any atom is 0.272 e. The topological polar surface area (TPSA) is 90.2 Å². The van der Waals surface area contributed by atoms with Crippen molar-refractivity contribution in [2.24, 2.45) is 5.73 Å². The van der Waals surface area contributed by atoms with E-state index in [-0.39, 0.29) is 18.0 Å². The third kappa shape index (κ3) is 3.06. The zero-order chi connectivity index (χ0) is 16.4. The molecule has 0 amide bonds. The van der Waals surface area contributed by atoms with E-state index < -0.39 is 0 Å². The van der Waals surface area contributed by atoms with Crippen LogP contribution < -0.4 is 20.8 Å². The molecule has 1 aromatic heterocycles. The van der Waals surface area contributed by atoms with Crippen LogP contribution in [0.4, 0.5) is 0 Å². The van der Waals surface area contributed by atoms with Crippen LogP contribution in [0, 0.1) is 0 Å². The van der Waals surface area contributed by atoms with Crippen LogP contribution in [0.15, 0.2) is 41.2 Å². The molecular weight excluding hydrogens is 330 g/mol. The highest BCUT2D eigenvalue weighted by Gasteiger charge is 2.14. The number of H-pyrrole nitrogens is 1. The summed E-state index contributed by atoms with van der Waals surface area (Å²) in [6, 6.07) is 11.2. The molecule has 0 saturated heterocycles. The number of nitrogens with one attached hydrogen (secondary N) is 1. The number of aromatic nitrogens is 2. The van der Waals surface area contributed by atoms with Crippen molar-refractivity contribution in [3.63, 3.8) is 0 Å². The van der Waals surface area contributed by atoms with E-state index in [1.54, 1.807) is 19.2 Å². The van der Waals surface area contributed by atoms with Gasteiger partial charge in [-0.25, -0.2) is 5.10 Å². The number of hydrogen-bond acceptors (Lipinski definition) is 5. The number of methoxy groups -OCH3 is 2. The number of nitrogens with two attached hydrogens (primary N) is 1. The predicted molar refractivity (Wildman–Crippen MR) is 96.0 cm³/mol. The van der Waals surface area contributed by atoms with E-state index >= 15 is 0 Å². The molecule has 3 aromatic rings.